The topological polar surface area (TPSA) is 64.6 Å². The number of hydrogen-bond donors (Lipinski definition) is 0. The zero-order valence-electron chi connectivity index (χ0n) is 13.7. The van der Waals surface area contributed by atoms with E-state index in [1.807, 2.05) is 27.8 Å². The summed E-state index contributed by atoms with van der Waals surface area (Å²) < 4.78 is 1.98. The van der Waals surface area contributed by atoms with Gasteiger partial charge in [-0.2, -0.15) is 5.26 Å². The number of rotatable bonds is 3. The van der Waals surface area contributed by atoms with Crippen molar-refractivity contribution in [2.75, 3.05) is 26.2 Å². The Kier molecular flexibility index (Phi) is 3.95. The van der Waals surface area contributed by atoms with Crippen LogP contribution < -0.4 is 0 Å². The Labute approximate surface area is 141 Å². The van der Waals surface area contributed by atoms with Crippen molar-refractivity contribution in [1.29, 1.82) is 5.26 Å². The lowest BCUT2D eigenvalue weighted by molar-refractivity contribution is -0.134. The molecule has 24 heavy (non-hydrogen) atoms. The lowest BCUT2D eigenvalue weighted by atomic mass is 10.1. The van der Waals surface area contributed by atoms with E-state index in [4.69, 9.17) is 5.26 Å². The molecule has 1 amide bonds. The van der Waals surface area contributed by atoms with Crippen molar-refractivity contribution in [3.63, 3.8) is 0 Å². The van der Waals surface area contributed by atoms with Crippen LogP contribution in [-0.4, -0.2) is 51.3 Å². The Hall–Kier alpha value is -2.39. The molecule has 0 radical (unpaired) electrons. The van der Waals surface area contributed by atoms with Crippen molar-refractivity contribution >= 4 is 11.6 Å². The summed E-state index contributed by atoms with van der Waals surface area (Å²) in [6.45, 7) is 4.38. The number of aromatic nitrogens is 2. The molecule has 6 nitrogen and oxygen atoms in total. The van der Waals surface area contributed by atoms with E-state index < -0.39 is 0 Å². The number of nitriles is 1. The van der Waals surface area contributed by atoms with Crippen LogP contribution in [0, 0.1) is 17.2 Å². The fourth-order valence-corrected chi connectivity index (χ4v) is 3.82. The second-order valence-electron chi connectivity index (χ2n) is 6.76. The van der Waals surface area contributed by atoms with E-state index in [-0.39, 0.29) is 5.92 Å². The maximum Gasteiger partial charge on any atom is 0.227 e. The first-order valence-corrected chi connectivity index (χ1v) is 8.62. The zero-order valence-corrected chi connectivity index (χ0v) is 13.7. The minimum atomic E-state index is 0.136. The molecule has 2 aromatic heterocycles. The van der Waals surface area contributed by atoms with E-state index in [9.17, 15) is 4.79 Å². The van der Waals surface area contributed by atoms with Crippen LogP contribution in [0.4, 0.5) is 0 Å². The van der Waals surface area contributed by atoms with Gasteiger partial charge in [-0.05, 0) is 37.9 Å². The van der Waals surface area contributed by atoms with E-state index in [1.54, 1.807) is 6.07 Å². The summed E-state index contributed by atoms with van der Waals surface area (Å²) in [5.74, 6) is 0.469. The standard InChI is InChI=1S/C18H21N5O/c19-9-14-3-4-17-20-10-16(23(17)11-14)13-21-8-5-15(12-21)18(24)22-6-1-2-7-22/h3-4,10-11,15H,1-2,5-8,12-13H2. The molecule has 1 unspecified atom stereocenters. The average molecular weight is 323 g/mol. The van der Waals surface area contributed by atoms with Gasteiger partial charge in [0.2, 0.25) is 5.91 Å². The van der Waals surface area contributed by atoms with Gasteiger partial charge in [0, 0.05) is 32.4 Å². The minimum absolute atomic E-state index is 0.136. The highest BCUT2D eigenvalue weighted by Crippen LogP contribution is 2.23. The van der Waals surface area contributed by atoms with E-state index in [0.717, 1.165) is 63.3 Å². The number of hydrogen-bond acceptors (Lipinski definition) is 4. The molecule has 0 spiro atoms. The summed E-state index contributed by atoms with van der Waals surface area (Å²) in [6, 6.07) is 5.82. The molecule has 0 aliphatic carbocycles. The van der Waals surface area contributed by atoms with E-state index in [2.05, 4.69) is 16.0 Å². The monoisotopic (exact) mass is 323 g/mol. The van der Waals surface area contributed by atoms with Gasteiger partial charge in [-0.15, -0.1) is 0 Å². The quantitative estimate of drug-likeness (QED) is 0.861. The highest BCUT2D eigenvalue weighted by Gasteiger charge is 2.32. The SMILES string of the molecule is N#Cc1ccc2ncc(CN3CCC(C(=O)N4CCCC4)C3)n2c1. The maximum atomic E-state index is 12.5. The molecule has 4 rings (SSSR count). The Balaban J connectivity index is 1.45. The summed E-state index contributed by atoms with van der Waals surface area (Å²) in [5, 5.41) is 9.07. The fraction of sp³-hybridized carbons (Fsp3) is 0.500. The van der Waals surface area contributed by atoms with Gasteiger partial charge in [0.25, 0.3) is 0 Å². The van der Waals surface area contributed by atoms with Crippen LogP contribution in [-0.2, 0) is 11.3 Å². The molecule has 0 N–H and O–H groups in total. The number of pyridine rings is 1. The van der Waals surface area contributed by atoms with Crippen molar-refractivity contribution < 1.29 is 4.79 Å². The number of likely N-dealkylation sites (tertiary alicyclic amines) is 2. The lowest BCUT2D eigenvalue weighted by Crippen LogP contribution is -2.35. The average Bonchev–Trinajstić information content (AvgIpc) is 3.35. The molecule has 0 bridgehead atoms. The second kappa shape index (κ2) is 6.25. The normalized spacial score (nSPS) is 21.5. The van der Waals surface area contributed by atoms with Gasteiger partial charge in [0.1, 0.15) is 11.7 Å². The molecule has 1 atom stereocenters. The molecule has 2 saturated heterocycles. The molecule has 4 heterocycles. The first kappa shape index (κ1) is 15.2. The third-order valence-electron chi connectivity index (χ3n) is 5.14. The summed E-state index contributed by atoms with van der Waals surface area (Å²) in [7, 11) is 0. The summed E-state index contributed by atoms with van der Waals surface area (Å²) in [5.41, 5.74) is 2.55. The predicted octanol–water partition coefficient (Wildman–Crippen LogP) is 1.65. The predicted molar refractivity (Wildman–Crippen MR) is 89.1 cm³/mol. The van der Waals surface area contributed by atoms with Gasteiger partial charge < -0.3 is 9.30 Å². The third kappa shape index (κ3) is 2.76. The summed E-state index contributed by atoms with van der Waals surface area (Å²) >= 11 is 0. The van der Waals surface area contributed by atoms with E-state index in [0.29, 0.717) is 11.5 Å². The largest absolute Gasteiger partial charge is 0.342 e. The molecule has 6 heteroatoms. The number of carbonyl (C=O) groups excluding carboxylic acids is 1. The van der Waals surface area contributed by atoms with Crippen LogP contribution >= 0.6 is 0 Å². The van der Waals surface area contributed by atoms with Crippen LogP contribution in [0.15, 0.2) is 24.5 Å². The molecule has 0 saturated carbocycles. The van der Waals surface area contributed by atoms with Gasteiger partial charge in [0.05, 0.1) is 23.4 Å². The molecule has 2 aromatic rings. The third-order valence-corrected chi connectivity index (χ3v) is 5.14. The van der Waals surface area contributed by atoms with Crippen LogP contribution in [0.1, 0.15) is 30.5 Å². The van der Waals surface area contributed by atoms with Crippen molar-refractivity contribution in [3.05, 3.63) is 35.8 Å². The van der Waals surface area contributed by atoms with Crippen LogP contribution in [0.2, 0.25) is 0 Å². The van der Waals surface area contributed by atoms with E-state index in [1.165, 1.54) is 0 Å². The highest BCUT2D eigenvalue weighted by molar-refractivity contribution is 5.79. The number of carbonyl (C=O) groups is 1. The maximum absolute atomic E-state index is 12.5. The van der Waals surface area contributed by atoms with Gasteiger partial charge in [-0.25, -0.2) is 4.98 Å². The summed E-state index contributed by atoms with van der Waals surface area (Å²) in [6.07, 6.45) is 6.93. The molecule has 2 fully saturated rings. The molecule has 2 aliphatic rings. The van der Waals surface area contributed by atoms with E-state index >= 15 is 0 Å². The number of imidazole rings is 1. The van der Waals surface area contributed by atoms with Crippen molar-refractivity contribution in [1.82, 2.24) is 19.2 Å². The number of nitrogens with zero attached hydrogens (tertiary/aromatic N) is 5. The Morgan fingerprint density at radius 3 is 2.92 bits per heavy atom. The highest BCUT2D eigenvalue weighted by atomic mass is 16.2. The Morgan fingerprint density at radius 1 is 1.29 bits per heavy atom. The molecular weight excluding hydrogens is 302 g/mol. The van der Waals surface area contributed by atoms with Gasteiger partial charge in [-0.1, -0.05) is 0 Å². The molecule has 124 valence electrons. The fourth-order valence-electron chi connectivity index (χ4n) is 3.82. The summed E-state index contributed by atoms with van der Waals surface area (Å²) in [4.78, 5) is 21.3. The number of amides is 1. The Bertz CT molecular complexity index is 799. The Morgan fingerprint density at radius 2 is 2.12 bits per heavy atom. The number of fused-ring (bicyclic) bond motifs is 1. The van der Waals surface area contributed by atoms with Gasteiger partial charge in [-0.3, -0.25) is 9.69 Å². The van der Waals surface area contributed by atoms with Gasteiger partial charge in [0.15, 0.2) is 0 Å². The van der Waals surface area contributed by atoms with Crippen molar-refractivity contribution in [3.8, 4) is 6.07 Å². The smallest absolute Gasteiger partial charge is 0.227 e. The molecular formula is C18H21N5O. The lowest BCUT2D eigenvalue weighted by Gasteiger charge is -2.20. The zero-order chi connectivity index (χ0) is 16.5. The second-order valence-corrected chi connectivity index (χ2v) is 6.76. The molecule has 2 aliphatic heterocycles. The first-order valence-electron chi connectivity index (χ1n) is 8.62. The van der Waals surface area contributed by atoms with Crippen LogP contribution in [0.25, 0.3) is 5.65 Å². The van der Waals surface area contributed by atoms with Crippen LogP contribution in [0.5, 0.6) is 0 Å². The van der Waals surface area contributed by atoms with Crippen molar-refractivity contribution in [2.24, 2.45) is 5.92 Å². The van der Waals surface area contributed by atoms with Crippen LogP contribution in [0.3, 0.4) is 0 Å². The minimum Gasteiger partial charge on any atom is -0.342 e. The first-order chi connectivity index (χ1) is 11.7. The van der Waals surface area contributed by atoms with Gasteiger partial charge >= 0.3 is 0 Å². The van der Waals surface area contributed by atoms with Crippen molar-refractivity contribution in [2.45, 2.75) is 25.8 Å². The molecule has 0 aromatic carbocycles.